The summed E-state index contributed by atoms with van der Waals surface area (Å²) in [5.41, 5.74) is 2.89. The summed E-state index contributed by atoms with van der Waals surface area (Å²) in [5.74, 6) is 1.53. The smallest absolute Gasteiger partial charge is 0.234 e. The molecule has 1 N–H and O–H groups in total. The molecule has 8 heteroatoms. The van der Waals surface area contributed by atoms with Crippen LogP contribution in [-0.4, -0.2) is 26.4 Å². The first-order valence-electron chi connectivity index (χ1n) is 9.94. The monoisotopic (exact) mass is 456 g/mol. The van der Waals surface area contributed by atoms with Gasteiger partial charge in [-0.05, 0) is 48.7 Å². The number of rotatable bonds is 10. The largest absolute Gasteiger partial charge is 0.485 e. The highest BCUT2D eigenvalue weighted by Crippen LogP contribution is 2.24. The van der Waals surface area contributed by atoms with Crippen LogP contribution in [0.4, 0.5) is 5.69 Å². The Morgan fingerprint density at radius 3 is 2.84 bits per heavy atom. The van der Waals surface area contributed by atoms with E-state index in [4.69, 9.17) is 16.3 Å². The normalized spacial score (nSPS) is 10.7. The van der Waals surface area contributed by atoms with E-state index < -0.39 is 0 Å². The summed E-state index contributed by atoms with van der Waals surface area (Å²) in [4.78, 5) is 12.5. The molecule has 0 radical (unpaired) electrons. The Morgan fingerprint density at radius 2 is 2.10 bits per heavy atom. The molecule has 0 aliphatic rings. The highest BCUT2D eigenvalue weighted by Gasteiger charge is 2.15. The molecule has 0 saturated carbocycles. The number of para-hydroxylation sites is 1. The molecule has 1 aromatic heterocycles. The average Bonchev–Trinajstić information content (AvgIpc) is 3.14. The summed E-state index contributed by atoms with van der Waals surface area (Å²) < 4.78 is 7.80. The second kappa shape index (κ2) is 11.0. The molecule has 1 heterocycles. The van der Waals surface area contributed by atoms with Crippen molar-refractivity contribution in [3.05, 3.63) is 77.1 Å². The number of aromatic nitrogens is 3. The van der Waals surface area contributed by atoms with Gasteiger partial charge < -0.3 is 10.1 Å². The average molecular weight is 457 g/mol. The lowest BCUT2D eigenvalue weighted by Gasteiger charge is -2.11. The van der Waals surface area contributed by atoms with Gasteiger partial charge in [-0.25, -0.2) is 0 Å². The van der Waals surface area contributed by atoms with Gasteiger partial charge in [-0.3, -0.25) is 9.36 Å². The number of hydrogen-bond donors (Lipinski definition) is 1. The maximum Gasteiger partial charge on any atom is 0.234 e. The van der Waals surface area contributed by atoms with E-state index in [-0.39, 0.29) is 18.3 Å². The molecule has 0 fully saturated rings. The van der Waals surface area contributed by atoms with Crippen molar-refractivity contribution in [2.45, 2.75) is 38.6 Å². The van der Waals surface area contributed by atoms with E-state index in [9.17, 15) is 4.79 Å². The third-order valence-corrected chi connectivity index (χ3v) is 5.81. The maximum absolute atomic E-state index is 12.5. The molecule has 2 aromatic carbocycles. The van der Waals surface area contributed by atoms with E-state index in [0.29, 0.717) is 22.5 Å². The van der Waals surface area contributed by atoms with Crippen LogP contribution >= 0.6 is 23.4 Å². The van der Waals surface area contributed by atoms with Crippen molar-refractivity contribution in [2.24, 2.45) is 0 Å². The summed E-state index contributed by atoms with van der Waals surface area (Å²) in [6, 6.07) is 13.3. The van der Waals surface area contributed by atoms with Crippen LogP contribution in [-0.2, 0) is 24.4 Å². The van der Waals surface area contributed by atoms with Crippen LogP contribution in [0.5, 0.6) is 5.75 Å². The van der Waals surface area contributed by atoms with Crippen LogP contribution in [0, 0.1) is 6.92 Å². The van der Waals surface area contributed by atoms with Gasteiger partial charge in [-0.1, -0.05) is 54.6 Å². The molecule has 0 atom stereocenters. The molecule has 1 amide bonds. The highest BCUT2D eigenvalue weighted by atomic mass is 35.5. The van der Waals surface area contributed by atoms with Crippen molar-refractivity contribution >= 4 is 35.0 Å². The second-order valence-electron chi connectivity index (χ2n) is 6.84. The van der Waals surface area contributed by atoms with Crippen molar-refractivity contribution in [1.29, 1.82) is 0 Å². The predicted molar refractivity (Wildman–Crippen MR) is 126 cm³/mol. The Kier molecular flexibility index (Phi) is 8.14. The number of benzene rings is 2. The number of nitrogens with one attached hydrogen (secondary N) is 1. The van der Waals surface area contributed by atoms with Crippen LogP contribution in [0.15, 0.2) is 60.3 Å². The first kappa shape index (κ1) is 22.9. The quantitative estimate of drug-likeness (QED) is 0.331. The SMILES string of the molecule is C=CCn1c(COc2ccc(Cl)cc2C)nnc1SCC(=O)Nc1ccccc1CC. The lowest BCUT2D eigenvalue weighted by molar-refractivity contribution is -0.113. The van der Waals surface area contributed by atoms with Gasteiger partial charge in [-0.15, -0.1) is 16.8 Å². The van der Waals surface area contributed by atoms with Gasteiger partial charge in [-0.2, -0.15) is 0 Å². The number of anilines is 1. The first-order valence-corrected chi connectivity index (χ1v) is 11.3. The summed E-state index contributed by atoms with van der Waals surface area (Å²) in [7, 11) is 0. The minimum absolute atomic E-state index is 0.0892. The number of nitrogens with zero attached hydrogens (tertiary/aromatic N) is 3. The van der Waals surface area contributed by atoms with Gasteiger partial charge in [0.15, 0.2) is 11.0 Å². The van der Waals surface area contributed by atoms with Gasteiger partial charge in [0.2, 0.25) is 5.91 Å². The van der Waals surface area contributed by atoms with E-state index in [2.05, 4.69) is 29.0 Å². The molecule has 31 heavy (non-hydrogen) atoms. The fourth-order valence-corrected chi connectivity index (χ4v) is 4.02. The Balaban J connectivity index is 1.64. The molecule has 3 rings (SSSR count). The van der Waals surface area contributed by atoms with Crippen molar-refractivity contribution in [3.63, 3.8) is 0 Å². The number of ether oxygens (including phenoxy) is 1. The zero-order chi connectivity index (χ0) is 22.2. The summed E-state index contributed by atoms with van der Waals surface area (Å²) in [5, 5.41) is 12.8. The molecule has 162 valence electrons. The molecule has 0 bridgehead atoms. The number of thioether (sulfide) groups is 1. The van der Waals surface area contributed by atoms with Crippen LogP contribution in [0.25, 0.3) is 0 Å². The summed E-state index contributed by atoms with van der Waals surface area (Å²) in [6.45, 7) is 8.58. The van der Waals surface area contributed by atoms with E-state index in [1.54, 1.807) is 12.1 Å². The number of carbonyl (C=O) groups is 1. The Bertz CT molecular complexity index is 1070. The number of allylic oxidation sites excluding steroid dienone is 1. The van der Waals surface area contributed by atoms with Gasteiger partial charge in [0, 0.05) is 17.3 Å². The third-order valence-electron chi connectivity index (χ3n) is 4.60. The van der Waals surface area contributed by atoms with Gasteiger partial charge in [0.05, 0.1) is 5.75 Å². The van der Waals surface area contributed by atoms with E-state index in [1.165, 1.54) is 11.8 Å². The van der Waals surface area contributed by atoms with E-state index >= 15 is 0 Å². The molecule has 0 saturated heterocycles. The number of amides is 1. The van der Waals surface area contributed by atoms with Crippen molar-refractivity contribution in [2.75, 3.05) is 11.1 Å². The zero-order valence-corrected chi connectivity index (χ0v) is 19.2. The van der Waals surface area contributed by atoms with Crippen LogP contribution in [0.1, 0.15) is 23.9 Å². The fraction of sp³-hybridized carbons (Fsp3) is 0.261. The number of carbonyl (C=O) groups excluding carboxylic acids is 1. The number of halogens is 1. The molecule has 0 unspecified atom stereocenters. The third kappa shape index (κ3) is 6.12. The number of hydrogen-bond acceptors (Lipinski definition) is 5. The minimum atomic E-state index is -0.0892. The molecule has 0 spiro atoms. The lowest BCUT2D eigenvalue weighted by atomic mass is 10.1. The van der Waals surface area contributed by atoms with E-state index in [1.807, 2.05) is 47.9 Å². The first-order chi connectivity index (χ1) is 15.0. The zero-order valence-electron chi connectivity index (χ0n) is 17.6. The van der Waals surface area contributed by atoms with Crippen molar-refractivity contribution in [1.82, 2.24) is 14.8 Å². The topological polar surface area (TPSA) is 69.0 Å². The van der Waals surface area contributed by atoms with Crippen molar-refractivity contribution in [3.8, 4) is 5.75 Å². The molecule has 6 nitrogen and oxygen atoms in total. The fourth-order valence-electron chi connectivity index (χ4n) is 3.03. The van der Waals surface area contributed by atoms with Crippen LogP contribution < -0.4 is 10.1 Å². The lowest BCUT2D eigenvalue weighted by Crippen LogP contribution is -2.16. The molecular weight excluding hydrogens is 432 g/mol. The molecule has 3 aromatic rings. The maximum atomic E-state index is 12.5. The standard InChI is InChI=1S/C23H25ClN4O2S/c1-4-12-28-21(14-30-20-11-10-18(24)13-16(20)3)26-27-23(28)31-15-22(29)25-19-9-7-6-8-17(19)5-2/h4,6-11,13H,1,5,12,14-15H2,2-3H3,(H,25,29). The molecular formula is C23H25ClN4O2S. The van der Waals surface area contributed by atoms with Gasteiger partial charge in [0.25, 0.3) is 0 Å². The Hall–Kier alpha value is -2.77. The minimum Gasteiger partial charge on any atom is -0.485 e. The van der Waals surface area contributed by atoms with Crippen LogP contribution in [0.3, 0.4) is 0 Å². The van der Waals surface area contributed by atoms with Gasteiger partial charge in [0.1, 0.15) is 12.4 Å². The van der Waals surface area contributed by atoms with Crippen molar-refractivity contribution < 1.29 is 9.53 Å². The molecule has 0 aliphatic carbocycles. The summed E-state index contributed by atoms with van der Waals surface area (Å²) in [6.07, 6.45) is 2.62. The Morgan fingerprint density at radius 1 is 1.29 bits per heavy atom. The van der Waals surface area contributed by atoms with Crippen LogP contribution in [0.2, 0.25) is 5.02 Å². The van der Waals surface area contributed by atoms with Gasteiger partial charge >= 0.3 is 0 Å². The predicted octanol–water partition coefficient (Wildman–Crippen LogP) is 5.30. The molecule has 0 aliphatic heterocycles. The summed E-state index contributed by atoms with van der Waals surface area (Å²) >= 11 is 7.34. The second-order valence-corrected chi connectivity index (χ2v) is 8.22. The highest BCUT2D eigenvalue weighted by molar-refractivity contribution is 7.99. The van der Waals surface area contributed by atoms with E-state index in [0.717, 1.165) is 29.0 Å². The number of aryl methyl sites for hydroxylation is 2. The Labute approximate surface area is 191 Å².